The van der Waals surface area contributed by atoms with Crippen LogP contribution >= 0.6 is 11.3 Å². The molecule has 0 unspecified atom stereocenters. The van der Waals surface area contributed by atoms with E-state index in [1.807, 2.05) is 25.7 Å². The third-order valence-electron chi connectivity index (χ3n) is 6.26. The van der Waals surface area contributed by atoms with Gasteiger partial charge in [-0.05, 0) is 52.5 Å². The lowest BCUT2D eigenvalue weighted by molar-refractivity contribution is -0.145. The van der Waals surface area contributed by atoms with Gasteiger partial charge in [-0.1, -0.05) is 5.16 Å². The largest absolute Gasteiger partial charge is 0.444 e. The Labute approximate surface area is 225 Å². The molecule has 3 heterocycles. The van der Waals surface area contributed by atoms with Crippen LogP contribution in [-0.4, -0.2) is 64.5 Å². The van der Waals surface area contributed by atoms with E-state index in [0.29, 0.717) is 60.4 Å². The zero-order valence-electron chi connectivity index (χ0n) is 21.8. The Hall–Kier alpha value is -3.92. The number of anilines is 2. The molecule has 2 aromatic rings. The van der Waals surface area contributed by atoms with E-state index < -0.39 is 17.5 Å². The molecule has 2 aliphatic rings. The van der Waals surface area contributed by atoms with Crippen molar-refractivity contribution in [3.05, 3.63) is 34.0 Å². The number of aryl methyl sites for hydroxylation is 1. The van der Waals surface area contributed by atoms with Gasteiger partial charge in [0.05, 0.1) is 11.5 Å². The van der Waals surface area contributed by atoms with Gasteiger partial charge in [0.1, 0.15) is 22.4 Å². The number of carbonyl (C=O) groups is 2. The van der Waals surface area contributed by atoms with Crippen LogP contribution in [0.5, 0.6) is 0 Å². The number of nitrogens with zero attached hydrogens (tertiary/aromatic N) is 6. The second-order valence-electron chi connectivity index (χ2n) is 10.2. The molecule has 13 heteroatoms. The molecule has 0 aromatic carbocycles. The molecule has 1 atom stereocenters. The zero-order valence-corrected chi connectivity index (χ0v) is 22.6. The highest BCUT2D eigenvalue weighted by molar-refractivity contribution is 7.16. The average Bonchev–Trinajstić information content (AvgIpc) is 3.03. The first-order valence-corrected chi connectivity index (χ1v) is 13.3. The number of rotatable bonds is 4. The molecule has 1 fully saturated rings. The van der Waals surface area contributed by atoms with E-state index in [4.69, 9.17) is 21.0 Å². The fourth-order valence-corrected chi connectivity index (χ4v) is 5.63. The summed E-state index contributed by atoms with van der Waals surface area (Å²) in [6.07, 6.45) is 4.03. The van der Waals surface area contributed by atoms with Crippen LogP contribution in [-0.2, 0) is 20.8 Å². The molecule has 1 amide bonds. The fraction of sp³-hybridized carbons (Fsp3) is 0.520. The number of hydrogen-bond acceptors (Lipinski definition) is 11. The standard InChI is InChI=1S/C25H32N8O4S/c1-25(2,3)36-24(35)33-11-5-10-32(12-13-33)23-29-9-8-17(30-23)20(27)31-37-22(34)15-6-4-7-18-19(15)16(14-26)21(28)38-18/h8-9,15H,4-7,10-13,28H2,1-3H3,(H2,27,31)/t15-/m0/s1. The molecule has 1 saturated heterocycles. The number of hydrogen-bond donors (Lipinski definition) is 2. The lowest BCUT2D eigenvalue weighted by Gasteiger charge is -2.26. The summed E-state index contributed by atoms with van der Waals surface area (Å²) in [6.45, 7) is 7.71. The molecule has 0 saturated carbocycles. The van der Waals surface area contributed by atoms with Crippen LogP contribution in [0.1, 0.15) is 67.6 Å². The van der Waals surface area contributed by atoms with E-state index in [2.05, 4.69) is 21.2 Å². The summed E-state index contributed by atoms with van der Waals surface area (Å²) in [5.41, 5.74) is 12.8. The van der Waals surface area contributed by atoms with Crippen LogP contribution in [0.3, 0.4) is 0 Å². The number of nitrogen functional groups attached to an aromatic ring is 1. The Morgan fingerprint density at radius 2 is 2.03 bits per heavy atom. The van der Waals surface area contributed by atoms with Gasteiger partial charge >= 0.3 is 12.1 Å². The molecule has 1 aliphatic carbocycles. The maximum absolute atomic E-state index is 12.9. The third kappa shape index (κ3) is 6.13. The Bertz CT molecular complexity index is 1280. The summed E-state index contributed by atoms with van der Waals surface area (Å²) in [7, 11) is 0. The van der Waals surface area contributed by atoms with Gasteiger partial charge in [-0.2, -0.15) is 5.26 Å². The second-order valence-corrected chi connectivity index (χ2v) is 11.3. The molecule has 38 heavy (non-hydrogen) atoms. The Balaban J connectivity index is 1.42. The Morgan fingerprint density at radius 3 is 2.76 bits per heavy atom. The molecule has 202 valence electrons. The molecular weight excluding hydrogens is 508 g/mol. The van der Waals surface area contributed by atoms with Crippen LogP contribution in [0.25, 0.3) is 0 Å². The molecule has 4 N–H and O–H groups in total. The normalized spacial score (nSPS) is 18.3. The average molecular weight is 541 g/mol. The van der Waals surface area contributed by atoms with Gasteiger partial charge < -0.3 is 30.8 Å². The summed E-state index contributed by atoms with van der Waals surface area (Å²) in [4.78, 5) is 44.0. The van der Waals surface area contributed by atoms with Crippen LogP contribution in [0.15, 0.2) is 17.4 Å². The third-order valence-corrected chi connectivity index (χ3v) is 7.35. The molecule has 1 aliphatic heterocycles. The fourth-order valence-electron chi connectivity index (χ4n) is 4.50. The number of amidine groups is 1. The molecule has 0 radical (unpaired) electrons. The van der Waals surface area contributed by atoms with Crippen molar-refractivity contribution in [2.75, 3.05) is 36.8 Å². The van der Waals surface area contributed by atoms with Gasteiger partial charge in [0.15, 0.2) is 5.84 Å². The number of carbonyl (C=O) groups excluding carboxylic acids is 2. The Morgan fingerprint density at radius 1 is 1.24 bits per heavy atom. The first-order valence-electron chi connectivity index (χ1n) is 12.5. The summed E-state index contributed by atoms with van der Waals surface area (Å²) >= 11 is 1.34. The highest BCUT2D eigenvalue weighted by Crippen LogP contribution is 2.42. The zero-order chi connectivity index (χ0) is 27.4. The van der Waals surface area contributed by atoms with Crippen molar-refractivity contribution in [2.45, 2.75) is 58.0 Å². The molecular formula is C25H32N8O4S. The van der Waals surface area contributed by atoms with E-state index in [-0.39, 0.29) is 11.9 Å². The van der Waals surface area contributed by atoms with E-state index in [1.54, 1.807) is 17.2 Å². The predicted octanol–water partition coefficient (Wildman–Crippen LogP) is 2.72. The number of nitriles is 1. The molecule has 12 nitrogen and oxygen atoms in total. The first kappa shape index (κ1) is 27.1. The van der Waals surface area contributed by atoms with Crippen LogP contribution in [0, 0.1) is 11.3 Å². The number of ether oxygens (including phenoxy) is 1. The highest BCUT2D eigenvalue weighted by atomic mass is 32.1. The Kier molecular flexibility index (Phi) is 8.01. The van der Waals surface area contributed by atoms with Crippen molar-refractivity contribution in [3.63, 3.8) is 0 Å². The smallest absolute Gasteiger partial charge is 0.410 e. The van der Waals surface area contributed by atoms with E-state index in [0.717, 1.165) is 24.1 Å². The van der Waals surface area contributed by atoms with Gasteiger partial charge in [-0.3, -0.25) is 0 Å². The highest BCUT2D eigenvalue weighted by Gasteiger charge is 2.34. The van der Waals surface area contributed by atoms with Crippen LogP contribution in [0.2, 0.25) is 0 Å². The number of aromatic nitrogens is 2. The minimum Gasteiger partial charge on any atom is -0.444 e. The number of nitrogens with two attached hydrogens (primary N) is 2. The van der Waals surface area contributed by atoms with Crippen molar-refractivity contribution in [1.29, 1.82) is 5.26 Å². The van der Waals surface area contributed by atoms with E-state index in [1.165, 1.54) is 11.3 Å². The molecule has 2 aromatic heterocycles. The first-order chi connectivity index (χ1) is 18.1. The molecule has 0 bridgehead atoms. The van der Waals surface area contributed by atoms with Crippen molar-refractivity contribution in [2.24, 2.45) is 10.9 Å². The topological polar surface area (TPSA) is 173 Å². The lowest BCUT2D eigenvalue weighted by Crippen LogP contribution is -2.39. The van der Waals surface area contributed by atoms with Crippen LogP contribution < -0.4 is 16.4 Å². The van der Waals surface area contributed by atoms with Gasteiger partial charge in [0, 0.05) is 42.8 Å². The summed E-state index contributed by atoms with van der Waals surface area (Å²) in [5, 5.41) is 13.7. The van der Waals surface area contributed by atoms with E-state index in [9.17, 15) is 14.9 Å². The number of fused-ring (bicyclic) bond motifs is 1. The summed E-state index contributed by atoms with van der Waals surface area (Å²) in [6, 6.07) is 3.68. The maximum atomic E-state index is 12.9. The SMILES string of the molecule is CC(C)(C)OC(=O)N1CCCN(c2nccc(/C(N)=N/OC(=O)[C@H]3CCCc4sc(N)c(C#N)c43)n2)CC1. The number of thiophene rings is 1. The maximum Gasteiger partial charge on any atom is 0.410 e. The molecule has 4 rings (SSSR count). The van der Waals surface area contributed by atoms with Gasteiger partial charge in [0.2, 0.25) is 5.95 Å². The summed E-state index contributed by atoms with van der Waals surface area (Å²) in [5.74, 6) is -0.854. The lowest BCUT2D eigenvalue weighted by atomic mass is 9.85. The minimum absolute atomic E-state index is 0.0754. The predicted molar refractivity (Wildman–Crippen MR) is 143 cm³/mol. The van der Waals surface area contributed by atoms with Crippen molar-refractivity contribution < 1.29 is 19.2 Å². The van der Waals surface area contributed by atoms with Crippen molar-refractivity contribution in [1.82, 2.24) is 14.9 Å². The quantitative estimate of drug-likeness (QED) is 0.254. The monoisotopic (exact) mass is 540 g/mol. The summed E-state index contributed by atoms with van der Waals surface area (Å²) < 4.78 is 5.49. The van der Waals surface area contributed by atoms with E-state index >= 15 is 0 Å². The number of amides is 1. The minimum atomic E-state index is -0.621. The van der Waals surface area contributed by atoms with Gasteiger partial charge in [-0.25, -0.2) is 19.6 Å². The van der Waals surface area contributed by atoms with Crippen molar-refractivity contribution >= 4 is 40.2 Å². The molecule has 0 spiro atoms. The van der Waals surface area contributed by atoms with Gasteiger partial charge in [0.25, 0.3) is 0 Å². The van der Waals surface area contributed by atoms with Gasteiger partial charge in [-0.15, -0.1) is 11.3 Å². The number of oxime groups is 1. The van der Waals surface area contributed by atoms with Crippen LogP contribution in [0.4, 0.5) is 15.7 Å². The van der Waals surface area contributed by atoms with Crippen molar-refractivity contribution in [3.8, 4) is 6.07 Å². The second kappa shape index (κ2) is 11.2.